The first-order chi connectivity index (χ1) is 16.4. The third-order valence-electron chi connectivity index (χ3n) is 6.59. The number of thioether (sulfide) groups is 1. The number of rotatable bonds is 8. The minimum Gasteiger partial charge on any atom is -0.480 e. The van der Waals surface area contributed by atoms with Crippen LogP contribution in [0.3, 0.4) is 0 Å². The third kappa shape index (κ3) is 4.78. The average molecular weight is 483 g/mol. The van der Waals surface area contributed by atoms with Gasteiger partial charge in [-0.15, -0.1) is 11.8 Å². The van der Waals surface area contributed by atoms with Gasteiger partial charge in [-0.1, -0.05) is 62.4 Å². The maximum Gasteiger partial charge on any atom is 0.407 e. The van der Waals surface area contributed by atoms with Crippen molar-refractivity contribution >= 4 is 29.7 Å². The predicted octanol–water partition coefficient (Wildman–Crippen LogP) is 4.32. The van der Waals surface area contributed by atoms with E-state index < -0.39 is 24.0 Å². The molecule has 180 valence electrons. The quantitative estimate of drug-likeness (QED) is 0.582. The van der Waals surface area contributed by atoms with Crippen LogP contribution in [0, 0.1) is 5.92 Å². The van der Waals surface area contributed by atoms with Crippen LogP contribution in [-0.4, -0.2) is 58.3 Å². The topological polar surface area (TPSA) is 95.9 Å². The Kier molecular flexibility index (Phi) is 7.46. The lowest BCUT2D eigenvalue weighted by Crippen LogP contribution is -2.48. The summed E-state index contributed by atoms with van der Waals surface area (Å²) < 4.78 is 5.54. The van der Waals surface area contributed by atoms with Crippen molar-refractivity contribution in [1.82, 2.24) is 10.2 Å². The summed E-state index contributed by atoms with van der Waals surface area (Å²) in [5, 5.41) is 12.1. The van der Waals surface area contributed by atoms with E-state index in [2.05, 4.69) is 29.6 Å². The number of hydrogen-bond donors (Lipinski definition) is 2. The van der Waals surface area contributed by atoms with Gasteiger partial charge in [-0.05, 0) is 35.1 Å². The first-order valence-electron chi connectivity index (χ1n) is 11.7. The molecule has 3 unspecified atom stereocenters. The number of carbonyl (C=O) groups excluding carboxylic acids is 2. The highest BCUT2D eigenvalue weighted by Gasteiger charge is 2.41. The van der Waals surface area contributed by atoms with Gasteiger partial charge < -0.3 is 20.1 Å². The molecular formula is C26H30N2O5S. The van der Waals surface area contributed by atoms with Crippen molar-refractivity contribution in [2.24, 2.45) is 5.92 Å². The zero-order chi connectivity index (χ0) is 24.2. The summed E-state index contributed by atoms with van der Waals surface area (Å²) in [6, 6.07) is 15.5. The lowest BCUT2D eigenvalue weighted by molar-refractivity contribution is -0.150. The van der Waals surface area contributed by atoms with Crippen molar-refractivity contribution in [1.29, 1.82) is 0 Å². The molecule has 0 spiro atoms. The Morgan fingerprint density at radius 1 is 1.12 bits per heavy atom. The fourth-order valence-corrected chi connectivity index (χ4v) is 6.14. The van der Waals surface area contributed by atoms with Crippen molar-refractivity contribution in [3.8, 4) is 11.1 Å². The number of alkyl carbamates (subject to hydrolysis) is 1. The number of carbonyl (C=O) groups is 3. The number of carboxylic acid groups (broad SMARTS) is 1. The van der Waals surface area contributed by atoms with E-state index >= 15 is 0 Å². The van der Waals surface area contributed by atoms with Crippen molar-refractivity contribution in [3.63, 3.8) is 0 Å². The predicted molar refractivity (Wildman–Crippen MR) is 132 cm³/mol. The normalized spacial score (nSPS) is 19.9. The van der Waals surface area contributed by atoms with Crippen molar-refractivity contribution < 1.29 is 24.2 Å². The summed E-state index contributed by atoms with van der Waals surface area (Å²) in [5.74, 6) is -1.15. The number of amides is 2. The second-order valence-corrected chi connectivity index (χ2v) is 9.95. The van der Waals surface area contributed by atoms with Gasteiger partial charge in [0.05, 0.1) is 5.37 Å². The molecule has 8 heteroatoms. The molecule has 2 N–H and O–H groups in total. The Morgan fingerprint density at radius 3 is 2.32 bits per heavy atom. The second kappa shape index (κ2) is 10.5. The highest BCUT2D eigenvalue weighted by Crippen LogP contribution is 2.44. The Bertz CT molecular complexity index is 1030. The summed E-state index contributed by atoms with van der Waals surface area (Å²) in [6.45, 7) is 4.23. The largest absolute Gasteiger partial charge is 0.480 e. The van der Waals surface area contributed by atoms with E-state index in [0.29, 0.717) is 18.6 Å². The summed E-state index contributed by atoms with van der Waals surface area (Å²) in [5.41, 5.74) is 4.64. The molecule has 0 radical (unpaired) electrons. The minimum absolute atomic E-state index is 0.00903. The van der Waals surface area contributed by atoms with Crippen molar-refractivity contribution in [2.45, 2.75) is 44.0 Å². The monoisotopic (exact) mass is 482 g/mol. The molecule has 1 fully saturated rings. The van der Waals surface area contributed by atoms with Crippen LogP contribution >= 0.6 is 11.8 Å². The number of hydrogen-bond acceptors (Lipinski definition) is 5. The van der Waals surface area contributed by atoms with Gasteiger partial charge in [-0.2, -0.15) is 0 Å². The van der Waals surface area contributed by atoms with E-state index in [9.17, 15) is 19.5 Å². The second-order valence-electron chi connectivity index (χ2n) is 8.74. The van der Waals surface area contributed by atoms with E-state index in [4.69, 9.17) is 4.74 Å². The van der Waals surface area contributed by atoms with Crippen LogP contribution < -0.4 is 5.32 Å². The lowest BCUT2D eigenvalue weighted by Gasteiger charge is -2.29. The molecule has 3 atom stereocenters. The SMILES string of the molecule is CCC1SCC(C(=O)O)N1C(=O)C(C)CCNC(=O)OCC1c2ccccc2-c2ccccc21. The average Bonchev–Trinajstić information content (AvgIpc) is 3.42. The van der Waals surface area contributed by atoms with Gasteiger partial charge in [-0.3, -0.25) is 4.79 Å². The van der Waals surface area contributed by atoms with Crippen LogP contribution in [0.2, 0.25) is 0 Å². The summed E-state index contributed by atoms with van der Waals surface area (Å²) in [4.78, 5) is 38.4. The molecule has 2 amide bonds. The molecule has 2 aromatic rings. The molecule has 1 aliphatic carbocycles. The molecule has 0 bridgehead atoms. The smallest absolute Gasteiger partial charge is 0.407 e. The summed E-state index contributed by atoms with van der Waals surface area (Å²) in [6.07, 6.45) is 0.589. The van der Waals surface area contributed by atoms with Gasteiger partial charge in [0, 0.05) is 24.1 Å². The number of fused-ring (bicyclic) bond motifs is 3. The van der Waals surface area contributed by atoms with Gasteiger partial charge in [0.2, 0.25) is 5.91 Å². The molecule has 1 saturated heterocycles. The molecule has 0 aromatic heterocycles. The first-order valence-corrected chi connectivity index (χ1v) is 12.7. The highest BCUT2D eigenvalue weighted by atomic mass is 32.2. The molecule has 1 aliphatic heterocycles. The van der Waals surface area contributed by atoms with Gasteiger partial charge in [0.25, 0.3) is 0 Å². The van der Waals surface area contributed by atoms with E-state index in [1.807, 2.05) is 31.2 Å². The maximum atomic E-state index is 12.9. The lowest BCUT2D eigenvalue weighted by atomic mass is 9.98. The van der Waals surface area contributed by atoms with Crippen LogP contribution in [0.1, 0.15) is 43.7 Å². The fourth-order valence-electron chi connectivity index (χ4n) is 4.78. The number of aliphatic carboxylic acids is 1. The van der Waals surface area contributed by atoms with E-state index in [0.717, 1.165) is 11.1 Å². The van der Waals surface area contributed by atoms with Crippen LogP contribution in [-0.2, 0) is 14.3 Å². The fraction of sp³-hybridized carbons (Fsp3) is 0.423. The standard InChI is InChI=1S/C26H30N2O5S/c1-3-23-28(22(15-34-23)25(30)31)24(29)16(2)12-13-27-26(32)33-14-21-19-10-6-4-8-17(19)18-9-5-7-11-20(18)21/h4-11,16,21-23H,3,12-15H2,1-2H3,(H,27,32)(H,30,31). The van der Waals surface area contributed by atoms with Gasteiger partial charge in [0.15, 0.2) is 0 Å². The number of benzene rings is 2. The first kappa shape index (κ1) is 24.1. The third-order valence-corrected chi connectivity index (χ3v) is 8.05. The summed E-state index contributed by atoms with van der Waals surface area (Å²) in [7, 11) is 0. The number of ether oxygens (including phenoxy) is 1. The van der Waals surface area contributed by atoms with Gasteiger partial charge in [0.1, 0.15) is 12.6 Å². The Morgan fingerprint density at radius 2 is 1.74 bits per heavy atom. The molecule has 34 heavy (non-hydrogen) atoms. The van der Waals surface area contributed by atoms with Gasteiger partial charge >= 0.3 is 12.1 Å². The van der Waals surface area contributed by atoms with E-state index in [1.54, 1.807) is 6.92 Å². The molecule has 1 heterocycles. The van der Waals surface area contributed by atoms with Crippen LogP contribution in [0.4, 0.5) is 4.79 Å². The Balaban J connectivity index is 1.28. The molecular weight excluding hydrogens is 452 g/mol. The van der Waals surface area contributed by atoms with Crippen molar-refractivity contribution in [2.75, 3.05) is 18.9 Å². The highest BCUT2D eigenvalue weighted by molar-refractivity contribution is 8.00. The number of carboxylic acids is 1. The molecule has 2 aromatic carbocycles. The minimum atomic E-state index is -0.972. The van der Waals surface area contributed by atoms with E-state index in [1.165, 1.54) is 27.8 Å². The van der Waals surface area contributed by atoms with Crippen LogP contribution in [0.5, 0.6) is 0 Å². The molecule has 2 aliphatic rings. The Hall–Kier alpha value is -3.00. The van der Waals surface area contributed by atoms with Crippen molar-refractivity contribution in [3.05, 3.63) is 59.7 Å². The van der Waals surface area contributed by atoms with Crippen LogP contribution in [0.15, 0.2) is 48.5 Å². The molecule has 7 nitrogen and oxygen atoms in total. The molecule has 4 rings (SSSR count). The van der Waals surface area contributed by atoms with Crippen LogP contribution in [0.25, 0.3) is 11.1 Å². The van der Waals surface area contributed by atoms with Gasteiger partial charge in [-0.25, -0.2) is 9.59 Å². The zero-order valence-corrected chi connectivity index (χ0v) is 20.2. The zero-order valence-electron chi connectivity index (χ0n) is 19.4. The summed E-state index contributed by atoms with van der Waals surface area (Å²) >= 11 is 1.50. The number of nitrogens with zero attached hydrogens (tertiary/aromatic N) is 1. The maximum absolute atomic E-state index is 12.9. The Labute approximate surface area is 203 Å². The molecule has 0 saturated carbocycles. The van der Waals surface area contributed by atoms with E-state index in [-0.39, 0.29) is 30.4 Å². The number of nitrogens with one attached hydrogen (secondary N) is 1.